The number of hydrogen-bond acceptors (Lipinski definition) is 5. The zero-order chi connectivity index (χ0) is 25.3. The summed E-state index contributed by atoms with van der Waals surface area (Å²) in [5.74, 6) is 0.140. The summed E-state index contributed by atoms with van der Waals surface area (Å²) in [5, 5.41) is 11.6. The molecule has 0 N–H and O–H groups in total. The normalized spacial score (nSPS) is 25.4. The molecule has 4 aliphatic heterocycles. The molecule has 0 spiro atoms. The van der Waals surface area contributed by atoms with Crippen molar-refractivity contribution in [2.75, 3.05) is 18.0 Å². The molecule has 1 fully saturated rings. The van der Waals surface area contributed by atoms with Crippen molar-refractivity contribution in [3.05, 3.63) is 104 Å². The quantitative estimate of drug-likeness (QED) is 0.400. The molecule has 3 aromatic rings. The zero-order valence-corrected chi connectivity index (χ0v) is 20.5. The number of nitrogens with zero attached hydrogens (tertiary/aromatic N) is 4. The monoisotopic (exact) mass is 496 g/mol. The minimum atomic E-state index is -0.363. The number of carbonyl (C=O) groups is 1. The van der Waals surface area contributed by atoms with Crippen LogP contribution in [-0.4, -0.2) is 39.4 Å². The predicted octanol–water partition coefficient (Wildman–Crippen LogP) is 3.51. The Labute approximate surface area is 214 Å². The Kier molecular flexibility index (Phi) is 4.99. The summed E-state index contributed by atoms with van der Waals surface area (Å²) in [7, 11) is 0. The molecule has 2 aromatic carbocycles. The third-order valence-corrected chi connectivity index (χ3v) is 8.96. The van der Waals surface area contributed by atoms with Crippen molar-refractivity contribution < 1.29 is 9.72 Å². The van der Waals surface area contributed by atoms with Gasteiger partial charge in [-0.2, -0.15) is 0 Å². The number of hydrogen-bond donors (Lipinski definition) is 0. The van der Waals surface area contributed by atoms with Gasteiger partial charge in [0.05, 0.1) is 10.8 Å². The van der Waals surface area contributed by atoms with Crippen LogP contribution in [0.15, 0.2) is 65.5 Å². The highest BCUT2D eigenvalue weighted by atomic mass is 16.6. The molecular weight excluding hydrogens is 468 g/mol. The smallest absolute Gasteiger partial charge is 0.269 e. The number of aromatic nitrogens is 1. The molecular formula is C29H28N4O4. The number of fused-ring (bicyclic) bond motifs is 9. The number of carbonyl (C=O) groups excluding carboxylic acids is 1. The van der Waals surface area contributed by atoms with E-state index in [0.29, 0.717) is 32.6 Å². The predicted molar refractivity (Wildman–Crippen MR) is 139 cm³/mol. The average Bonchev–Trinajstić information content (AvgIpc) is 2.92. The van der Waals surface area contributed by atoms with E-state index in [9.17, 15) is 19.7 Å². The average molecular weight is 497 g/mol. The highest BCUT2D eigenvalue weighted by molar-refractivity contribution is 5.83. The van der Waals surface area contributed by atoms with Crippen LogP contribution < -0.4 is 10.5 Å². The van der Waals surface area contributed by atoms with E-state index in [2.05, 4.69) is 17.0 Å². The minimum Gasteiger partial charge on any atom is -0.366 e. The molecule has 0 aliphatic carbocycles. The number of non-ortho nitro benzene ring substituents is 1. The third-order valence-electron chi connectivity index (χ3n) is 8.96. The molecule has 4 aliphatic rings. The highest BCUT2D eigenvalue weighted by Gasteiger charge is 2.50. The van der Waals surface area contributed by atoms with Gasteiger partial charge in [-0.1, -0.05) is 30.3 Å². The lowest BCUT2D eigenvalue weighted by Gasteiger charge is -2.54. The van der Waals surface area contributed by atoms with E-state index in [1.807, 2.05) is 39.8 Å². The van der Waals surface area contributed by atoms with Crippen LogP contribution in [0.5, 0.6) is 0 Å². The topological polar surface area (TPSA) is 88.7 Å². The first kappa shape index (κ1) is 22.3. The summed E-state index contributed by atoms with van der Waals surface area (Å²) in [5.41, 5.74) is 5.46. The largest absolute Gasteiger partial charge is 0.366 e. The second-order valence-corrected chi connectivity index (χ2v) is 10.9. The molecule has 2 bridgehead atoms. The molecule has 188 valence electrons. The number of rotatable bonds is 2. The van der Waals surface area contributed by atoms with E-state index >= 15 is 0 Å². The lowest BCUT2D eigenvalue weighted by atomic mass is 9.69. The maximum atomic E-state index is 14.2. The Hall–Kier alpha value is -3.94. The van der Waals surface area contributed by atoms with Crippen LogP contribution in [0.25, 0.3) is 0 Å². The van der Waals surface area contributed by atoms with Crippen molar-refractivity contribution in [1.29, 1.82) is 0 Å². The number of nitro benzene ring substituents is 1. The number of pyridine rings is 1. The fourth-order valence-corrected chi connectivity index (χ4v) is 7.36. The molecule has 1 saturated heterocycles. The minimum absolute atomic E-state index is 0.0167. The van der Waals surface area contributed by atoms with Crippen LogP contribution in [0.4, 0.5) is 11.4 Å². The van der Waals surface area contributed by atoms with Crippen LogP contribution in [0.2, 0.25) is 0 Å². The van der Waals surface area contributed by atoms with Crippen molar-refractivity contribution in [2.24, 2.45) is 11.8 Å². The van der Waals surface area contributed by atoms with Gasteiger partial charge in [-0.05, 0) is 54.0 Å². The molecule has 5 heterocycles. The molecule has 1 aromatic heterocycles. The number of benzene rings is 2. The first-order chi connectivity index (χ1) is 18.0. The van der Waals surface area contributed by atoms with Crippen molar-refractivity contribution in [2.45, 2.75) is 44.3 Å². The summed E-state index contributed by atoms with van der Waals surface area (Å²) in [6, 6.07) is 18.8. The van der Waals surface area contributed by atoms with E-state index in [0.717, 1.165) is 29.8 Å². The SMILES string of the molecule is O=C([C@@H]1Cc2cc([N+](=O)[O-])ccc2N2CC3CC(Cn4c3cccc4=O)[C@@H]12)N1CCc2ccccc2C1. The number of anilines is 1. The third kappa shape index (κ3) is 3.49. The number of amides is 1. The second kappa shape index (κ2) is 8.30. The first-order valence-corrected chi connectivity index (χ1v) is 13.1. The van der Waals surface area contributed by atoms with Gasteiger partial charge in [0.1, 0.15) is 0 Å². The van der Waals surface area contributed by atoms with E-state index in [4.69, 9.17) is 0 Å². The molecule has 8 heteroatoms. The van der Waals surface area contributed by atoms with Gasteiger partial charge < -0.3 is 14.4 Å². The van der Waals surface area contributed by atoms with Crippen LogP contribution in [0, 0.1) is 22.0 Å². The van der Waals surface area contributed by atoms with Gasteiger partial charge in [0.2, 0.25) is 5.91 Å². The van der Waals surface area contributed by atoms with E-state index in [-0.39, 0.29) is 45.9 Å². The summed E-state index contributed by atoms with van der Waals surface area (Å²) in [4.78, 5) is 42.5. The summed E-state index contributed by atoms with van der Waals surface area (Å²) < 4.78 is 1.90. The lowest BCUT2D eigenvalue weighted by Crippen LogP contribution is -2.61. The van der Waals surface area contributed by atoms with Crippen molar-refractivity contribution >= 4 is 17.3 Å². The molecule has 8 nitrogen and oxygen atoms in total. The Morgan fingerprint density at radius 3 is 2.65 bits per heavy atom. The Morgan fingerprint density at radius 1 is 0.973 bits per heavy atom. The molecule has 7 rings (SSSR count). The Morgan fingerprint density at radius 2 is 1.81 bits per heavy atom. The fourth-order valence-electron chi connectivity index (χ4n) is 7.36. The van der Waals surface area contributed by atoms with Crippen molar-refractivity contribution in [3.63, 3.8) is 0 Å². The van der Waals surface area contributed by atoms with Crippen LogP contribution in [-0.2, 0) is 30.7 Å². The molecule has 1 amide bonds. The van der Waals surface area contributed by atoms with E-state index < -0.39 is 0 Å². The summed E-state index contributed by atoms with van der Waals surface area (Å²) >= 11 is 0. The van der Waals surface area contributed by atoms with Crippen LogP contribution in [0.3, 0.4) is 0 Å². The summed E-state index contributed by atoms with van der Waals surface area (Å²) in [6.07, 6.45) is 2.26. The van der Waals surface area contributed by atoms with Gasteiger partial charge in [0.25, 0.3) is 11.2 Å². The lowest BCUT2D eigenvalue weighted by molar-refractivity contribution is -0.384. The molecule has 0 saturated carbocycles. The van der Waals surface area contributed by atoms with Gasteiger partial charge in [-0.3, -0.25) is 19.7 Å². The standard InChI is InChI=1S/C29H28N4O4/c34-27-7-3-6-25-21-12-22(17-31(25)27)28-24(29(35)30-11-10-18-4-1-2-5-19(18)15-30)14-20-13-23(33(36)37)8-9-26(20)32(28)16-21/h1-9,13,21-22,24,28H,10-12,14-17H2/t21?,22?,24-,28+/m1/s1. The molecule has 0 radical (unpaired) electrons. The molecule has 37 heavy (non-hydrogen) atoms. The van der Waals surface area contributed by atoms with Gasteiger partial charge in [-0.15, -0.1) is 0 Å². The van der Waals surface area contributed by atoms with Gasteiger partial charge in [0, 0.05) is 67.7 Å². The Bertz CT molecular complexity index is 1500. The summed E-state index contributed by atoms with van der Waals surface area (Å²) in [6.45, 7) is 2.57. The van der Waals surface area contributed by atoms with Crippen LogP contribution in [0.1, 0.15) is 34.7 Å². The first-order valence-electron chi connectivity index (χ1n) is 13.1. The molecule has 4 atom stereocenters. The zero-order valence-electron chi connectivity index (χ0n) is 20.5. The van der Waals surface area contributed by atoms with Crippen molar-refractivity contribution in [3.8, 4) is 0 Å². The fraction of sp³-hybridized carbons (Fsp3) is 0.379. The second-order valence-electron chi connectivity index (χ2n) is 10.9. The van der Waals surface area contributed by atoms with Crippen LogP contribution >= 0.6 is 0 Å². The van der Waals surface area contributed by atoms with Gasteiger partial charge >= 0.3 is 0 Å². The maximum Gasteiger partial charge on any atom is 0.269 e. The van der Waals surface area contributed by atoms with E-state index in [1.54, 1.807) is 18.2 Å². The van der Waals surface area contributed by atoms with E-state index in [1.165, 1.54) is 11.1 Å². The van der Waals surface area contributed by atoms with Gasteiger partial charge in [0.15, 0.2) is 0 Å². The Balaban J connectivity index is 1.30. The van der Waals surface area contributed by atoms with Gasteiger partial charge in [-0.25, -0.2) is 0 Å². The number of nitro groups is 1. The highest BCUT2D eigenvalue weighted by Crippen LogP contribution is 2.48. The van der Waals surface area contributed by atoms with Crippen molar-refractivity contribution in [1.82, 2.24) is 9.47 Å². The molecule has 2 unspecified atom stereocenters. The number of piperidine rings is 1. The maximum absolute atomic E-state index is 14.2.